The molecule has 0 amide bonds. The van der Waals surface area contributed by atoms with Crippen molar-refractivity contribution in [2.45, 2.75) is 0 Å². The number of nitrogens with zero attached hydrogens (tertiary/aromatic N) is 1. The molecule has 0 unspecified atom stereocenters. The summed E-state index contributed by atoms with van der Waals surface area (Å²) >= 11 is 0. The number of aromatic carboxylic acids is 1. The predicted octanol–water partition coefficient (Wildman–Crippen LogP) is -3.76. The summed E-state index contributed by atoms with van der Waals surface area (Å²) in [6.07, 6.45) is 0. The van der Waals surface area contributed by atoms with Crippen molar-refractivity contribution in [3.05, 3.63) is 29.6 Å². The van der Waals surface area contributed by atoms with Crippen LogP contribution in [0, 0.1) is 0 Å². The number of carbonyl (C=O) groups excluding carboxylic acids is 2. The third kappa shape index (κ3) is 3.47. The minimum atomic E-state index is -1.43. The van der Waals surface area contributed by atoms with Crippen molar-refractivity contribution in [2.75, 3.05) is 7.11 Å². The fourth-order valence-corrected chi connectivity index (χ4v) is 0.767. The smallest absolute Gasteiger partial charge is 0.543 e. The van der Waals surface area contributed by atoms with Gasteiger partial charge in [-0.2, -0.15) is 0 Å². The number of ether oxygens (including phenoxy) is 1. The number of carbonyl (C=O) groups is 2. The number of esters is 1. The SMILES string of the molecule is COC(=O)c1cccc(C(=O)[O-])n1.[K+]. The van der Waals surface area contributed by atoms with Gasteiger partial charge in [-0.25, -0.2) is 9.78 Å². The van der Waals surface area contributed by atoms with E-state index >= 15 is 0 Å². The van der Waals surface area contributed by atoms with E-state index in [4.69, 9.17) is 0 Å². The topological polar surface area (TPSA) is 79.3 Å². The average Bonchev–Trinajstić information content (AvgIpc) is 2.17. The Morgan fingerprint density at radius 2 is 1.93 bits per heavy atom. The van der Waals surface area contributed by atoms with Crippen molar-refractivity contribution < 1.29 is 70.8 Å². The number of methoxy groups -OCH3 is 1. The number of carboxylic acid groups (broad SMARTS) is 1. The second-order valence-electron chi connectivity index (χ2n) is 2.19. The molecule has 0 aliphatic carbocycles. The van der Waals surface area contributed by atoms with E-state index in [1.54, 1.807) is 0 Å². The van der Waals surface area contributed by atoms with E-state index in [0.717, 1.165) is 0 Å². The number of hydrogen-bond acceptors (Lipinski definition) is 5. The first-order valence-corrected chi connectivity index (χ1v) is 3.42. The second kappa shape index (κ2) is 6.26. The second-order valence-corrected chi connectivity index (χ2v) is 2.19. The van der Waals surface area contributed by atoms with Crippen LogP contribution in [0.25, 0.3) is 0 Å². The molecule has 0 N–H and O–H groups in total. The molecule has 0 aromatic carbocycles. The van der Waals surface area contributed by atoms with E-state index in [1.807, 2.05) is 0 Å². The normalized spacial score (nSPS) is 8.64. The van der Waals surface area contributed by atoms with Crippen LogP contribution in [-0.4, -0.2) is 24.0 Å². The van der Waals surface area contributed by atoms with Crippen molar-refractivity contribution in [2.24, 2.45) is 0 Å². The predicted molar refractivity (Wildman–Crippen MR) is 39.9 cm³/mol. The molecule has 0 saturated carbocycles. The van der Waals surface area contributed by atoms with Gasteiger partial charge in [-0.1, -0.05) is 6.07 Å². The van der Waals surface area contributed by atoms with Crippen molar-refractivity contribution in [1.82, 2.24) is 4.98 Å². The summed E-state index contributed by atoms with van der Waals surface area (Å²) in [6, 6.07) is 3.99. The van der Waals surface area contributed by atoms with E-state index in [-0.39, 0.29) is 62.8 Å². The average molecular weight is 219 g/mol. The van der Waals surface area contributed by atoms with Crippen molar-refractivity contribution >= 4 is 11.9 Å². The van der Waals surface area contributed by atoms with Gasteiger partial charge in [0.15, 0.2) is 0 Å². The van der Waals surface area contributed by atoms with Crippen LogP contribution in [0.5, 0.6) is 0 Å². The standard InChI is InChI=1S/C8H7NO4.K/c1-13-8(12)6-4-2-3-5(9-6)7(10)11;/h2-4H,1H3,(H,10,11);/q;+1/p-1. The third-order valence-electron chi connectivity index (χ3n) is 1.35. The quantitative estimate of drug-likeness (QED) is 0.377. The molecule has 0 fully saturated rings. The van der Waals surface area contributed by atoms with Gasteiger partial charge < -0.3 is 14.6 Å². The molecular weight excluding hydrogens is 213 g/mol. The van der Waals surface area contributed by atoms with E-state index in [0.29, 0.717) is 0 Å². The summed E-state index contributed by atoms with van der Waals surface area (Å²) in [4.78, 5) is 24.7. The number of aromatic nitrogens is 1. The molecule has 14 heavy (non-hydrogen) atoms. The van der Waals surface area contributed by atoms with Crippen LogP contribution in [0.4, 0.5) is 0 Å². The first kappa shape index (κ1) is 13.7. The number of rotatable bonds is 2. The molecule has 1 aromatic heterocycles. The van der Waals surface area contributed by atoms with Crippen LogP contribution in [0.1, 0.15) is 21.0 Å². The number of pyridine rings is 1. The van der Waals surface area contributed by atoms with E-state index in [1.165, 1.54) is 25.3 Å². The van der Waals surface area contributed by atoms with Gasteiger partial charge >= 0.3 is 57.4 Å². The summed E-state index contributed by atoms with van der Waals surface area (Å²) in [5.74, 6) is -2.10. The molecule has 1 aromatic rings. The van der Waals surface area contributed by atoms with Crippen LogP contribution in [0.2, 0.25) is 0 Å². The van der Waals surface area contributed by atoms with Gasteiger partial charge in [-0.05, 0) is 12.1 Å². The molecule has 0 aliphatic rings. The molecule has 0 atom stereocenters. The molecule has 68 valence electrons. The summed E-state index contributed by atoms with van der Waals surface area (Å²) in [6.45, 7) is 0. The maximum Gasteiger partial charge on any atom is 1.00 e. The Hall–Kier alpha value is -0.274. The zero-order valence-corrected chi connectivity index (χ0v) is 10.9. The Balaban J connectivity index is 0.00000169. The van der Waals surface area contributed by atoms with Crippen LogP contribution in [0.15, 0.2) is 18.2 Å². The zero-order chi connectivity index (χ0) is 9.84. The van der Waals surface area contributed by atoms with Crippen molar-refractivity contribution in [3.8, 4) is 0 Å². The molecule has 0 saturated heterocycles. The van der Waals surface area contributed by atoms with Gasteiger partial charge in [-0.15, -0.1) is 0 Å². The summed E-state index contributed by atoms with van der Waals surface area (Å²) < 4.78 is 4.36. The van der Waals surface area contributed by atoms with Crippen LogP contribution >= 0.6 is 0 Å². The van der Waals surface area contributed by atoms with Gasteiger partial charge in [0.1, 0.15) is 5.69 Å². The Labute approximate surface area is 123 Å². The molecule has 1 heterocycles. The number of hydrogen-bond donors (Lipinski definition) is 0. The Morgan fingerprint density at radius 1 is 1.36 bits per heavy atom. The Kier molecular flexibility index (Phi) is 6.13. The Bertz CT molecular complexity index is 353. The van der Waals surface area contributed by atoms with Crippen molar-refractivity contribution in [3.63, 3.8) is 0 Å². The summed E-state index contributed by atoms with van der Waals surface area (Å²) in [7, 11) is 1.19. The maximum absolute atomic E-state index is 10.9. The monoisotopic (exact) mass is 219 g/mol. The molecule has 0 aliphatic heterocycles. The number of carboxylic acids is 1. The molecule has 0 spiro atoms. The van der Waals surface area contributed by atoms with E-state index in [9.17, 15) is 14.7 Å². The molecule has 5 nitrogen and oxygen atoms in total. The van der Waals surface area contributed by atoms with Crippen LogP contribution in [0.3, 0.4) is 0 Å². The van der Waals surface area contributed by atoms with E-state index in [2.05, 4.69) is 9.72 Å². The first-order chi connectivity index (χ1) is 6.15. The fraction of sp³-hybridized carbons (Fsp3) is 0.125. The summed E-state index contributed by atoms with van der Waals surface area (Å²) in [5.41, 5.74) is -0.341. The third-order valence-corrected chi connectivity index (χ3v) is 1.35. The largest absolute Gasteiger partial charge is 1.00 e. The molecule has 0 radical (unpaired) electrons. The van der Waals surface area contributed by atoms with Crippen LogP contribution < -0.4 is 56.5 Å². The van der Waals surface area contributed by atoms with Gasteiger partial charge in [-0.3, -0.25) is 0 Å². The maximum atomic E-state index is 10.9. The van der Waals surface area contributed by atoms with Gasteiger partial charge in [0.05, 0.1) is 18.8 Å². The van der Waals surface area contributed by atoms with E-state index < -0.39 is 11.9 Å². The molecular formula is C8H6KNO4. The van der Waals surface area contributed by atoms with Gasteiger partial charge in [0.25, 0.3) is 0 Å². The fourth-order valence-electron chi connectivity index (χ4n) is 0.767. The molecule has 1 rings (SSSR count). The van der Waals surface area contributed by atoms with Crippen LogP contribution in [-0.2, 0) is 4.74 Å². The van der Waals surface area contributed by atoms with Gasteiger partial charge in [0, 0.05) is 0 Å². The van der Waals surface area contributed by atoms with Crippen molar-refractivity contribution in [1.29, 1.82) is 0 Å². The first-order valence-electron chi connectivity index (χ1n) is 3.42. The van der Waals surface area contributed by atoms with Gasteiger partial charge in [0.2, 0.25) is 0 Å². The zero-order valence-electron chi connectivity index (χ0n) is 7.81. The minimum Gasteiger partial charge on any atom is -0.543 e. The summed E-state index contributed by atoms with van der Waals surface area (Å²) in [5, 5.41) is 10.3. The Morgan fingerprint density at radius 3 is 2.43 bits per heavy atom. The minimum absolute atomic E-state index is 0. The molecule has 6 heteroatoms. The molecule has 0 bridgehead atoms.